The molecule has 0 saturated heterocycles. The van der Waals surface area contributed by atoms with Crippen LogP contribution < -0.4 is 15.0 Å². The fraction of sp³-hybridized carbons (Fsp3) is 0.235. The van der Waals surface area contributed by atoms with E-state index in [9.17, 15) is 4.79 Å². The molecule has 0 aromatic heterocycles. The van der Waals surface area contributed by atoms with Crippen molar-refractivity contribution in [3.05, 3.63) is 58.6 Å². The largest absolute Gasteiger partial charge is 0.488 e. The highest BCUT2D eigenvalue weighted by Crippen LogP contribution is 2.19. The van der Waals surface area contributed by atoms with Crippen LogP contribution in [-0.4, -0.2) is 32.7 Å². The number of para-hydroxylation sites is 1. The lowest BCUT2D eigenvalue weighted by atomic mass is 10.3. The summed E-state index contributed by atoms with van der Waals surface area (Å²) >= 11 is 11.8. The summed E-state index contributed by atoms with van der Waals surface area (Å²) in [5, 5.41) is 4.02. The standard InChI is InChI=1S/C17H18Cl2N2O2/c1-21(10-11-23-14-8-6-13(18)7-9-14)12-17(22)20-16-5-3-2-4-15(16)19/h2-9H,10-12H2,1H3,(H,20,22)/p+1. The molecule has 6 heteroatoms. The van der Waals surface area contributed by atoms with Crippen molar-refractivity contribution in [1.82, 2.24) is 0 Å². The SMILES string of the molecule is C[NH+](CCOc1ccc(Cl)cc1)CC(=O)Nc1ccccc1Cl. The summed E-state index contributed by atoms with van der Waals surface area (Å²) in [4.78, 5) is 13.0. The summed E-state index contributed by atoms with van der Waals surface area (Å²) in [6.45, 7) is 1.57. The number of anilines is 1. The first-order chi connectivity index (χ1) is 11.0. The van der Waals surface area contributed by atoms with Crippen LogP contribution in [0.4, 0.5) is 5.69 Å². The van der Waals surface area contributed by atoms with E-state index in [0.29, 0.717) is 35.4 Å². The Morgan fingerprint density at radius 1 is 1.13 bits per heavy atom. The van der Waals surface area contributed by atoms with Crippen molar-refractivity contribution >= 4 is 34.8 Å². The zero-order valence-corrected chi connectivity index (χ0v) is 14.3. The highest BCUT2D eigenvalue weighted by Gasteiger charge is 2.11. The van der Waals surface area contributed by atoms with Crippen molar-refractivity contribution in [3.63, 3.8) is 0 Å². The van der Waals surface area contributed by atoms with Gasteiger partial charge in [-0.05, 0) is 36.4 Å². The quantitative estimate of drug-likeness (QED) is 0.803. The molecule has 0 radical (unpaired) electrons. The summed E-state index contributed by atoms with van der Waals surface area (Å²) < 4.78 is 5.62. The molecule has 4 nitrogen and oxygen atoms in total. The van der Waals surface area contributed by atoms with Gasteiger partial charge < -0.3 is 15.0 Å². The van der Waals surface area contributed by atoms with E-state index in [-0.39, 0.29) is 5.91 Å². The smallest absolute Gasteiger partial charge is 0.279 e. The average molecular weight is 354 g/mol. The minimum absolute atomic E-state index is 0.0814. The normalized spacial score (nSPS) is 11.8. The minimum atomic E-state index is -0.0814. The topological polar surface area (TPSA) is 42.8 Å². The maximum Gasteiger partial charge on any atom is 0.279 e. The number of amides is 1. The zero-order chi connectivity index (χ0) is 16.7. The van der Waals surface area contributed by atoms with E-state index in [2.05, 4.69) is 5.32 Å². The number of halogens is 2. The van der Waals surface area contributed by atoms with Gasteiger partial charge in [-0.25, -0.2) is 0 Å². The summed E-state index contributed by atoms with van der Waals surface area (Å²) in [5.41, 5.74) is 0.629. The van der Waals surface area contributed by atoms with Crippen molar-refractivity contribution in [3.8, 4) is 5.75 Å². The Balaban J connectivity index is 1.71. The first kappa shape index (κ1) is 17.6. The maximum absolute atomic E-state index is 12.0. The lowest BCUT2D eigenvalue weighted by Crippen LogP contribution is -3.10. The molecule has 2 aromatic carbocycles. The number of carbonyl (C=O) groups excluding carboxylic acids is 1. The fourth-order valence-electron chi connectivity index (χ4n) is 1.99. The molecule has 0 aliphatic carbocycles. The molecule has 2 rings (SSSR count). The van der Waals surface area contributed by atoms with Gasteiger partial charge in [-0.1, -0.05) is 35.3 Å². The number of benzene rings is 2. The number of ether oxygens (including phenoxy) is 1. The Hall–Kier alpha value is -1.75. The van der Waals surface area contributed by atoms with Crippen LogP contribution in [0.15, 0.2) is 48.5 Å². The third-order valence-corrected chi connectivity index (χ3v) is 3.80. The Morgan fingerprint density at radius 2 is 1.83 bits per heavy atom. The van der Waals surface area contributed by atoms with Crippen LogP contribution in [0, 0.1) is 0 Å². The predicted molar refractivity (Wildman–Crippen MR) is 93.6 cm³/mol. The third kappa shape index (κ3) is 6.10. The van der Waals surface area contributed by atoms with Crippen LogP contribution in [0.2, 0.25) is 10.0 Å². The summed E-state index contributed by atoms with van der Waals surface area (Å²) in [5.74, 6) is 0.685. The molecule has 0 saturated carbocycles. The number of rotatable bonds is 7. The van der Waals surface area contributed by atoms with E-state index in [0.717, 1.165) is 10.6 Å². The van der Waals surface area contributed by atoms with Gasteiger partial charge in [0.2, 0.25) is 0 Å². The first-order valence-corrected chi connectivity index (χ1v) is 8.04. The van der Waals surface area contributed by atoms with Crippen molar-refractivity contribution < 1.29 is 14.4 Å². The monoisotopic (exact) mass is 353 g/mol. The van der Waals surface area contributed by atoms with Gasteiger partial charge >= 0.3 is 0 Å². The molecular formula is C17H19Cl2N2O2+. The molecule has 0 bridgehead atoms. The maximum atomic E-state index is 12.0. The zero-order valence-electron chi connectivity index (χ0n) is 12.8. The number of carbonyl (C=O) groups is 1. The van der Waals surface area contributed by atoms with Crippen LogP contribution in [-0.2, 0) is 4.79 Å². The van der Waals surface area contributed by atoms with Crippen LogP contribution in [0.5, 0.6) is 5.75 Å². The fourth-order valence-corrected chi connectivity index (χ4v) is 2.30. The predicted octanol–water partition coefficient (Wildman–Crippen LogP) is 2.53. The second-order valence-corrected chi connectivity index (χ2v) is 6.06. The van der Waals surface area contributed by atoms with Crippen LogP contribution in [0.25, 0.3) is 0 Å². The summed E-state index contributed by atoms with van der Waals surface area (Å²) in [7, 11) is 1.94. The highest BCUT2D eigenvalue weighted by molar-refractivity contribution is 6.33. The van der Waals surface area contributed by atoms with Gasteiger partial charge in [0.15, 0.2) is 6.54 Å². The molecule has 0 spiro atoms. The Kier molecular flexibility index (Phi) is 6.71. The molecule has 122 valence electrons. The molecule has 0 fully saturated rings. The highest BCUT2D eigenvalue weighted by atomic mass is 35.5. The lowest BCUT2D eigenvalue weighted by molar-refractivity contribution is -0.871. The second-order valence-electron chi connectivity index (χ2n) is 5.21. The van der Waals surface area contributed by atoms with Crippen molar-refractivity contribution in [2.24, 2.45) is 0 Å². The van der Waals surface area contributed by atoms with Gasteiger partial charge in [0.1, 0.15) is 18.9 Å². The van der Waals surface area contributed by atoms with Crippen LogP contribution >= 0.6 is 23.2 Å². The molecule has 2 aromatic rings. The molecule has 0 aliphatic heterocycles. The van der Waals surface area contributed by atoms with Crippen molar-refractivity contribution in [2.75, 3.05) is 32.1 Å². The van der Waals surface area contributed by atoms with Gasteiger partial charge in [0, 0.05) is 5.02 Å². The van der Waals surface area contributed by atoms with Gasteiger partial charge in [-0.15, -0.1) is 0 Å². The number of likely N-dealkylation sites (N-methyl/N-ethyl adjacent to an activating group) is 1. The molecule has 2 N–H and O–H groups in total. The van der Waals surface area contributed by atoms with E-state index in [1.54, 1.807) is 24.3 Å². The molecule has 1 amide bonds. The first-order valence-electron chi connectivity index (χ1n) is 7.28. The third-order valence-electron chi connectivity index (χ3n) is 3.22. The van der Waals surface area contributed by atoms with Crippen molar-refractivity contribution in [2.45, 2.75) is 0 Å². The van der Waals surface area contributed by atoms with E-state index in [1.165, 1.54) is 0 Å². The van der Waals surface area contributed by atoms with E-state index >= 15 is 0 Å². The van der Waals surface area contributed by atoms with Crippen LogP contribution in [0.3, 0.4) is 0 Å². The van der Waals surface area contributed by atoms with Gasteiger partial charge in [-0.2, -0.15) is 0 Å². The average Bonchev–Trinajstić information content (AvgIpc) is 2.51. The lowest BCUT2D eigenvalue weighted by Gasteiger charge is -2.14. The number of hydrogen-bond acceptors (Lipinski definition) is 2. The molecule has 0 aliphatic rings. The van der Waals surface area contributed by atoms with Gasteiger partial charge in [-0.3, -0.25) is 4.79 Å². The molecule has 0 heterocycles. The minimum Gasteiger partial charge on any atom is -0.488 e. The van der Waals surface area contributed by atoms with Gasteiger partial charge in [0.25, 0.3) is 5.91 Å². The molecular weight excluding hydrogens is 335 g/mol. The Bertz CT molecular complexity index is 647. The van der Waals surface area contributed by atoms with Crippen LogP contribution in [0.1, 0.15) is 0 Å². The van der Waals surface area contributed by atoms with E-state index in [4.69, 9.17) is 27.9 Å². The Morgan fingerprint density at radius 3 is 2.52 bits per heavy atom. The van der Waals surface area contributed by atoms with E-state index < -0.39 is 0 Å². The van der Waals surface area contributed by atoms with Gasteiger partial charge in [0.05, 0.1) is 17.8 Å². The second kappa shape index (κ2) is 8.77. The number of quaternary nitrogens is 1. The molecule has 1 atom stereocenters. The Labute approximate surface area is 146 Å². The number of hydrogen-bond donors (Lipinski definition) is 2. The number of nitrogens with one attached hydrogen (secondary N) is 2. The molecule has 23 heavy (non-hydrogen) atoms. The molecule has 1 unspecified atom stereocenters. The summed E-state index contributed by atoms with van der Waals surface area (Å²) in [6.07, 6.45) is 0. The summed E-state index contributed by atoms with van der Waals surface area (Å²) in [6, 6.07) is 14.4. The van der Waals surface area contributed by atoms with E-state index in [1.807, 2.05) is 31.3 Å². The van der Waals surface area contributed by atoms with Crippen molar-refractivity contribution in [1.29, 1.82) is 0 Å².